The lowest BCUT2D eigenvalue weighted by Crippen LogP contribution is -2.50. The molecule has 1 aromatic carbocycles. The molecule has 6 nitrogen and oxygen atoms in total. The Morgan fingerprint density at radius 3 is 2.71 bits per heavy atom. The molecule has 1 aromatic heterocycles. The van der Waals surface area contributed by atoms with E-state index >= 15 is 0 Å². The standard InChI is InChI=1S/C21H23N3O3S/c25-16-6-9-24-18(19(16)27-13-15-4-2-1-3-5-15)20(26)23-14-21(12-17(23)22-24)7-10-28-11-8-21/h1-6,9,17,22H,7-8,10-14H2. The second-order valence-corrected chi connectivity index (χ2v) is 9.12. The van der Waals surface area contributed by atoms with Crippen LogP contribution in [0.5, 0.6) is 5.75 Å². The second-order valence-electron chi connectivity index (χ2n) is 7.90. The number of nitrogens with one attached hydrogen (secondary N) is 1. The van der Waals surface area contributed by atoms with Crippen molar-refractivity contribution in [3.8, 4) is 5.75 Å². The highest BCUT2D eigenvalue weighted by molar-refractivity contribution is 7.99. The van der Waals surface area contributed by atoms with E-state index in [2.05, 4.69) is 5.43 Å². The minimum absolute atomic E-state index is 0.0208. The van der Waals surface area contributed by atoms with Crippen molar-refractivity contribution in [3.63, 3.8) is 0 Å². The van der Waals surface area contributed by atoms with Gasteiger partial charge in [-0.15, -0.1) is 0 Å². The maximum atomic E-state index is 13.3. The molecule has 146 valence electrons. The molecular weight excluding hydrogens is 374 g/mol. The van der Waals surface area contributed by atoms with Gasteiger partial charge in [0.2, 0.25) is 5.43 Å². The molecule has 0 saturated carbocycles. The average molecular weight is 398 g/mol. The lowest BCUT2D eigenvalue weighted by Gasteiger charge is -2.34. The first-order chi connectivity index (χ1) is 13.7. The van der Waals surface area contributed by atoms with Gasteiger partial charge in [-0.25, -0.2) is 0 Å². The summed E-state index contributed by atoms with van der Waals surface area (Å²) in [4.78, 5) is 27.8. The van der Waals surface area contributed by atoms with Gasteiger partial charge in [-0.1, -0.05) is 30.3 Å². The Morgan fingerprint density at radius 1 is 1.14 bits per heavy atom. The highest BCUT2D eigenvalue weighted by Crippen LogP contribution is 2.46. The number of rotatable bonds is 3. The first kappa shape index (κ1) is 17.7. The summed E-state index contributed by atoms with van der Waals surface area (Å²) in [6.45, 7) is 1.01. The van der Waals surface area contributed by atoms with Gasteiger partial charge in [0.1, 0.15) is 12.8 Å². The number of carbonyl (C=O) groups is 1. The number of amides is 1. The molecule has 7 heteroatoms. The minimum atomic E-state index is -0.265. The van der Waals surface area contributed by atoms with Crippen molar-refractivity contribution in [3.05, 3.63) is 64.1 Å². The lowest BCUT2D eigenvalue weighted by atomic mass is 9.81. The number of hydrogen-bond donors (Lipinski definition) is 1. The van der Waals surface area contributed by atoms with Crippen LogP contribution < -0.4 is 15.6 Å². The molecule has 1 spiro atoms. The van der Waals surface area contributed by atoms with Crippen molar-refractivity contribution in [2.45, 2.75) is 32.0 Å². The number of pyridine rings is 1. The molecule has 1 amide bonds. The number of fused-ring (bicyclic) bond motifs is 2. The van der Waals surface area contributed by atoms with E-state index in [4.69, 9.17) is 4.74 Å². The van der Waals surface area contributed by atoms with Crippen molar-refractivity contribution in [1.29, 1.82) is 0 Å². The van der Waals surface area contributed by atoms with Crippen LogP contribution in [-0.4, -0.2) is 39.7 Å². The third-order valence-corrected chi connectivity index (χ3v) is 7.08. The van der Waals surface area contributed by atoms with Crippen LogP contribution >= 0.6 is 11.8 Å². The number of nitrogens with zero attached hydrogens (tertiary/aromatic N) is 2. The maximum Gasteiger partial charge on any atom is 0.278 e. The molecule has 1 unspecified atom stereocenters. The molecular formula is C21H23N3O3S. The Balaban J connectivity index is 1.44. The molecule has 3 aliphatic heterocycles. The van der Waals surface area contributed by atoms with Gasteiger partial charge in [0.15, 0.2) is 11.4 Å². The van der Waals surface area contributed by atoms with Crippen LogP contribution in [0.2, 0.25) is 0 Å². The maximum absolute atomic E-state index is 13.3. The molecule has 0 bridgehead atoms. The Kier molecular flexibility index (Phi) is 4.34. The first-order valence-electron chi connectivity index (χ1n) is 9.73. The summed E-state index contributed by atoms with van der Waals surface area (Å²) in [5.41, 5.74) is 4.62. The number of thioether (sulfide) groups is 1. The van der Waals surface area contributed by atoms with Gasteiger partial charge in [0.25, 0.3) is 5.91 Å². The number of aromatic nitrogens is 1. The molecule has 4 heterocycles. The zero-order valence-corrected chi connectivity index (χ0v) is 16.4. The Bertz CT molecular complexity index is 953. The third-order valence-electron chi connectivity index (χ3n) is 6.09. The smallest absolute Gasteiger partial charge is 0.278 e. The topological polar surface area (TPSA) is 63.6 Å². The third kappa shape index (κ3) is 2.98. The first-order valence-corrected chi connectivity index (χ1v) is 10.9. The summed E-state index contributed by atoms with van der Waals surface area (Å²) in [6.07, 6.45) is 4.87. The van der Waals surface area contributed by atoms with Crippen LogP contribution in [0.1, 0.15) is 35.3 Å². The van der Waals surface area contributed by atoms with Crippen LogP contribution in [-0.2, 0) is 6.61 Å². The second kappa shape index (κ2) is 6.88. The van der Waals surface area contributed by atoms with E-state index in [1.807, 2.05) is 47.0 Å². The van der Waals surface area contributed by atoms with Crippen molar-refractivity contribution in [2.75, 3.05) is 23.5 Å². The quantitative estimate of drug-likeness (QED) is 0.863. The van der Waals surface area contributed by atoms with E-state index in [0.29, 0.717) is 5.69 Å². The number of carbonyl (C=O) groups excluding carboxylic acids is 1. The van der Waals surface area contributed by atoms with Crippen molar-refractivity contribution in [1.82, 2.24) is 9.58 Å². The number of benzene rings is 1. The molecule has 1 atom stereocenters. The fourth-order valence-corrected chi connectivity index (χ4v) is 5.90. The monoisotopic (exact) mass is 397 g/mol. The Labute approximate surface area is 167 Å². The van der Waals surface area contributed by atoms with E-state index < -0.39 is 0 Å². The molecule has 5 rings (SSSR count). The van der Waals surface area contributed by atoms with Crippen LogP contribution in [0, 0.1) is 5.41 Å². The van der Waals surface area contributed by atoms with Crippen LogP contribution in [0.15, 0.2) is 47.4 Å². The van der Waals surface area contributed by atoms with Crippen LogP contribution in [0.25, 0.3) is 0 Å². The summed E-state index contributed by atoms with van der Waals surface area (Å²) in [7, 11) is 0. The molecule has 0 aliphatic carbocycles. The predicted molar refractivity (Wildman–Crippen MR) is 109 cm³/mol. The van der Waals surface area contributed by atoms with Gasteiger partial charge >= 0.3 is 0 Å². The summed E-state index contributed by atoms with van der Waals surface area (Å²) in [5.74, 6) is 2.33. The van der Waals surface area contributed by atoms with Gasteiger partial charge < -0.3 is 15.1 Å². The largest absolute Gasteiger partial charge is 0.482 e. The number of ether oxygens (including phenoxy) is 1. The molecule has 2 saturated heterocycles. The van der Waals surface area contributed by atoms with Crippen LogP contribution in [0.4, 0.5) is 0 Å². The van der Waals surface area contributed by atoms with Gasteiger partial charge in [0, 0.05) is 18.8 Å². The van der Waals surface area contributed by atoms with Crippen molar-refractivity contribution >= 4 is 17.7 Å². The van der Waals surface area contributed by atoms with Gasteiger partial charge in [-0.2, -0.15) is 11.8 Å². The summed E-state index contributed by atoms with van der Waals surface area (Å²) in [6, 6.07) is 11.1. The van der Waals surface area contributed by atoms with Crippen LogP contribution in [0.3, 0.4) is 0 Å². The van der Waals surface area contributed by atoms with Gasteiger partial charge in [-0.3, -0.25) is 14.3 Å². The van der Waals surface area contributed by atoms with Gasteiger partial charge in [0.05, 0.1) is 0 Å². The fraction of sp³-hybridized carbons (Fsp3) is 0.429. The summed E-state index contributed by atoms with van der Waals surface area (Å²) < 4.78 is 7.54. The van der Waals surface area contributed by atoms with Crippen molar-refractivity contribution < 1.29 is 9.53 Å². The van der Waals surface area contributed by atoms with E-state index in [-0.39, 0.29) is 35.3 Å². The zero-order valence-electron chi connectivity index (χ0n) is 15.6. The SMILES string of the molecule is O=C1c2c(OCc3ccccc3)c(=O)ccn2NC2CC3(CCSCC3)CN12. The summed E-state index contributed by atoms with van der Waals surface area (Å²) >= 11 is 2.00. The highest BCUT2D eigenvalue weighted by atomic mass is 32.2. The van der Waals surface area contributed by atoms with E-state index in [9.17, 15) is 9.59 Å². The Hall–Kier alpha value is -2.41. The zero-order chi connectivity index (χ0) is 19.1. The molecule has 2 aromatic rings. The summed E-state index contributed by atoms with van der Waals surface area (Å²) in [5, 5.41) is 0. The predicted octanol–water partition coefficient (Wildman–Crippen LogP) is 2.67. The van der Waals surface area contributed by atoms with Gasteiger partial charge in [-0.05, 0) is 41.7 Å². The van der Waals surface area contributed by atoms with E-state index in [0.717, 1.165) is 42.9 Å². The van der Waals surface area contributed by atoms with Crippen molar-refractivity contribution in [2.24, 2.45) is 5.41 Å². The van der Waals surface area contributed by atoms with E-state index in [1.165, 1.54) is 6.07 Å². The highest BCUT2D eigenvalue weighted by Gasteiger charge is 2.49. The molecule has 3 aliphatic rings. The minimum Gasteiger partial charge on any atom is -0.482 e. The Morgan fingerprint density at radius 2 is 1.93 bits per heavy atom. The molecule has 0 radical (unpaired) electrons. The lowest BCUT2D eigenvalue weighted by molar-refractivity contribution is 0.0679. The number of hydrogen-bond acceptors (Lipinski definition) is 5. The fourth-order valence-electron chi connectivity index (χ4n) is 4.54. The molecule has 28 heavy (non-hydrogen) atoms. The molecule has 2 fully saturated rings. The van der Waals surface area contributed by atoms with E-state index in [1.54, 1.807) is 10.9 Å². The normalized spacial score (nSPS) is 22.5. The average Bonchev–Trinajstić information content (AvgIpc) is 3.07. The molecule has 1 N–H and O–H groups in total.